The number of hydrogen-bond acceptors (Lipinski definition) is 5. The first-order valence-electron chi connectivity index (χ1n) is 7.81. The van der Waals surface area contributed by atoms with Gasteiger partial charge in [-0.15, -0.1) is 5.10 Å². The third kappa shape index (κ3) is 3.40. The van der Waals surface area contributed by atoms with E-state index in [1.807, 2.05) is 27.5 Å². The second-order valence-corrected chi connectivity index (χ2v) is 7.13. The molecule has 2 aliphatic rings. The summed E-state index contributed by atoms with van der Waals surface area (Å²) in [6, 6.07) is 0.376. The predicted molar refractivity (Wildman–Crippen MR) is 83.6 cm³/mol. The predicted octanol–water partition coefficient (Wildman–Crippen LogP) is 1.17. The molecule has 6 nitrogen and oxygen atoms in total. The highest BCUT2D eigenvalue weighted by molar-refractivity contribution is 8.00. The Balaban J connectivity index is 1.66. The second kappa shape index (κ2) is 6.79. The van der Waals surface area contributed by atoms with Crippen molar-refractivity contribution in [3.8, 4) is 0 Å². The van der Waals surface area contributed by atoms with Gasteiger partial charge in [0.1, 0.15) is 0 Å². The molecule has 1 atom stereocenters. The number of hydrogen-bond donors (Lipinski definition) is 1. The van der Waals surface area contributed by atoms with Gasteiger partial charge in [0.25, 0.3) is 5.91 Å². The van der Waals surface area contributed by atoms with Crippen molar-refractivity contribution in [1.82, 2.24) is 25.2 Å². The van der Waals surface area contributed by atoms with E-state index in [2.05, 4.69) is 22.6 Å². The van der Waals surface area contributed by atoms with E-state index in [9.17, 15) is 4.79 Å². The third-order valence-electron chi connectivity index (χ3n) is 4.29. The normalized spacial score (nSPS) is 24.2. The van der Waals surface area contributed by atoms with E-state index in [1.165, 1.54) is 0 Å². The van der Waals surface area contributed by atoms with Crippen LogP contribution in [0.15, 0.2) is 6.20 Å². The molecule has 0 spiro atoms. The van der Waals surface area contributed by atoms with Crippen LogP contribution in [0.1, 0.15) is 42.7 Å². The number of carbonyl (C=O) groups is 1. The van der Waals surface area contributed by atoms with E-state index in [-0.39, 0.29) is 5.91 Å². The van der Waals surface area contributed by atoms with Gasteiger partial charge in [-0.1, -0.05) is 12.1 Å². The van der Waals surface area contributed by atoms with Crippen molar-refractivity contribution in [2.24, 2.45) is 0 Å². The molecule has 0 aliphatic carbocycles. The fraction of sp³-hybridized carbons (Fsp3) is 0.786. The molecule has 2 aliphatic heterocycles. The summed E-state index contributed by atoms with van der Waals surface area (Å²) in [5.74, 6) is 1.06. The van der Waals surface area contributed by atoms with E-state index in [4.69, 9.17) is 0 Å². The summed E-state index contributed by atoms with van der Waals surface area (Å²) in [4.78, 5) is 14.5. The van der Waals surface area contributed by atoms with Gasteiger partial charge < -0.3 is 10.2 Å². The van der Waals surface area contributed by atoms with E-state index < -0.39 is 0 Å². The van der Waals surface area contributed by atoms with Crippen molar-refractivity contribution >= 4 is 17.7 Å². The number of nitrogens with zero attached hydrogens (tertiary/aromatic N) is 4. The minimum atomic E-state index is 0.0361. The third-order valence-corrected chi connectivity index (χ3v) is 5.67. The van der Waals surface area contributed by atoms with Crippen molar-refractivity contribution in [3.05, 3.63) is 11.9 Å². The summed E-state index contributed by atoms with van der Waals surface area (Å²) in [5, 5.41) is 12.2. The smallest absolute Gasteiger partial charge is 0.276 e. The molecule has 1 aromatic heterocycles. The van der Waals surface area contributed by atoms with Gasteiger partial charge in [-0.25, -0.2) is 4.68 Å². The number of thioether (sulfide) groups is 1. The summed E-state index contributed by atoms with van der Waals surface area (Å²) in [6.45, 7) is 5.85. The first kappa shape index (κ1) is 14.8. The van der Waals surface area contributed by atoms with Gasteiger partial charge in [0.05, 0.1) is 12.2 Å². The fourth-order valence-electron chi connectivity index (χ4n) is 2.94. The Morgan fingerprint density at radius 2 is 2.29 bits per heavy atom. The molecular weight excluding hydrogens is 286 g/mol. The second-order valence-electron chi connectivity index (χ2n) is 5.72. The Morgan fingerprint density at radius 3 is 3.05 bits per heavy atom. The molecule has 1 amide bonds. The molecule has 3 rings (SSSR count). The Morgan fingerprint density at radius 1 is 1.48 bits per heavy atom. The van der Waals surface area contributed by atoms with Crippen LogP contribution >= 0.6 is 11.8 Å². The molecule has 2 saturated heterocycles. The quantitative estimate of drug-likeness (QED) is 0.908. The summed E-state index contributed by atoms with van der Waals surface area (Å²) in [6.07, 6.45) is 5.04. The summed E-state index contributed by atoms with van der Waals surface area (Å²) < 4.78 is 1.88. The molecule has 0 aromatic carbocycles. The monoisotopic (exact) mass is 309 g/mol. The van der Waals surface area contributed by atoms with Crippen LogP contribution in [0, 0.1) is 0 Å². The number of rotatable bonds is 3. The molecule has 21 heavy (non-hydrogen) atoms. The Labute approximate surface area is 129 Å². The van der Waals surface area contributed by atoms with Crippen LogP contribution in [0.2, 0.25) is 0 Å². The van der Waals surface area contributed by atoms with Crippen molar-refractivity contribution < 1.29 is 4.79 Å². The molecule has 3 heterocycles. The van der Waals surface area contributed by atoms with Crippen LogP contribution in [0.25, 0.3) is 0 Å². The van der Waals surface area contributed by atoms with Gasteiger partial charge in [-0.3, -0.25) is 4.79 Å². The van der Waals surface area contributed by atoms with Crippen LogP contribution in [-0.4, -0.2) is 63.0 Å². The molecular formula is C14H23N5OS. The lowest BCUT2D eigenvalue weighted by molar-refractivity contribution is 0.0755. The zero-order chi connectivity index (χ0) is 14.7. The maximum Gasteiger partial charge on any atom is 0.276 e. The highest BCUT2D eigenvalue weighted by atomic mass is 32.2. The van der Waals surface area contributed by atoms with Crippen molar-refractivity contribution in [2.75, 3.05) is 31.9 Å². The van der Waals surface area contributed by atoms with Crippen LogP contribution in [0.3, 0.4) is 0 Å². The lowest BCUT2D eigenvalue weighted by atomic mass is 10.1. The molecule has 0 bridgehead atoms. The lowest BCUT2D eigenvalue weighted by Gasteiger charge is -2.31. The first-order valence-corrected chi connectivity index (χ1v) is 8.86. The molecule has 0 radical (unpaired) electrons. The summed E-state index contributed by atoms with van der Waals surface area (Å²) >= 11 is 1.97. The molecule has 0 saturated carbocycles. The maximum atomic E-state index is 12.5. The minimum absolute atomic E-state index is 0.0361. The summed E-state index contributed by atoms with van der Waals surface area (Å²) in [7, 11) is 0. The number of aromatic nitrogens is 3. The number of nitrogens with one attached hydrogen (secondary N) is 1. The van der Waals surface area contributed by atoms with Crippen LogP contribution < -0.4 is 5.32 Å². The van der Waals surface area contributed by atoms with Crippen LogP contribution in [-0.2, 0) is 0 Å². The topological polar surface area (TPSA) is 63.1 Å². The average Bonchev–Trinajstić information content (AvgIpc) is 3.05. The lowest BCUT2D eigenvalue weighted by Crippen LogP contribution is -2.41. The Kier molecular flexibility index (Phi) is 4.80. The minimum Gasteiger partial charge on any atom is -0.335 e. The van der Waals surface area contributed by atoms with Gasteiger partial charge in [0.15, 0.2) is 5.69 Å². The zero-order valence-electron chi connectivity index (χ0n) is 12.5. The largest absolute Gasteiger partial charge is 0.335 e. The number of amides is 1. The average molecular weight is 309 g/mol. The van der Waals surface area contributed by atoms with Gasteiger partial charge >= 0.3 is 0 Å². The van der Waals surface area contributed by atoms with Gasteiger partial charge in [-0.2, -0.15) is 11.8 Å². The van der Waals surface area contributed by atoms with E-state index >= 15 is 0 Å². The molecule has 7 heteroatoms. The SMILES string of the molecule is CC[C@@H]1CN(C(=O)c2cn(C3CCNCC3)nn2)CCS1. The highest BCUT2D eigenvalue weighted by Crippen LogP contribution is 2.22. The van der Waals surface area contributed by atoms with Gasteiger partial charge in [-0.05, 0) is 32.4 Å². The number of piperidine rings is 1. The Hall–Kier alpha value is -1.08. The van der Waals surface area contributed by atoms with E-state index in [1.54, 1.807) is 0 Å². The highest BCUT2D eigenvalue weighted by Gasteiger charge is 2.26. The van der Waals surface area contributed by atoms with Gasteiger partial charge in [0.2, 0.25) is 0 Å². The van der Waals surface area contributed by atoms with Crippen molar-refractivity contribution in [3.63, 3.8) is 0 Å². The molecule has 0 unspecified atom stereocenters. The van der Waals surface area contributed by atoms with Crippen molar-refractivity contribution in [2.45, 2.75) is 37.5 Å². The molecule has 1 N–H and O–H groups in total. The van der Waals surface area contributed by atoms with Gasteiger partial charge in [0, 0.05) is 24.1 Å². The van der Waals surface area contributed by atoms with Crippen molar-refractivity contribution in [1.29, 1.82) is 0 Å². The van der Waals surface area contributed by atoms with Crippen LogP contribution in [0.5, 0.6) is 0 Å². The Bertz CT molecular complexity index is 485. The summed E-state index contributed by atoms with van der Waals surface area (Å²) in [5.41, 5.74) is 0.496. The standard InChI is InChI=1S/C14H23N5OS/c1-2-12-9-18(7-8-21-12)14(20)13-10-19(17-16-13)11-3-5-15-6-4-11/h10-12,15H,2-9H2,1H3/t12-/m1/s1. The van der Waals surface area contributed by atoms with E-state index in [0.29, 0.717) is 17.0 Å². The number of carbonyl (C=O) groups excluding carboxylic acids is 1. The molecule has 116 valence electrons. The first-order chi connectivity index (χ1) is 10.3. The maximum absolute atomic E-state index is 12.5. The zero-order valence-corrected chi connectivity index (χ0v) is 13.3. The fourth-order valence-corrected chi connectivity index (χ4v) is 4.12. The van der Waals surface area contributed by atoms with Crippen LogP contribution in [0.4, 0.5) is 0 Å². The molecule has 2 fully saturated rings. The van der Waals surface area contributed by atoms with E-state index in [0.717, 1.165) is 51.2 Å². The molecule has 1 aromatic rings.